The van der Waals surface area contributed by atoms with E-state index in [0.717, 1.165) is 29.2 Å². The second kappa shape index (κ2) is 17.7. The number of benzene rings is 4. The Morgan fingerprint density at radius 3 is 2.14 bits per heavy atom. The Morgan fingerprint density at radius 1 is 0.780 bits per heavy atom. The monoisotopic (exact) mass is 853 g/mol. The molecule has 18 heteroatoms. The van der Waals surface area contributed by atoms with Crippen LogP contribution in [0.2, 0.25) is 0 Å². The fourth-order valence-electron chi connectivity index (χ4n) is 5.99. The molecular weight excluding hydrogens is 821 g/mol. The number of nitrogens with one attached hydrogen (secondary N) is 2. The van der Waals surface area contributed by atoms with Crippen molar-refractivity contribution >= 4 is 45.0 Å². The number of hydrogen-bond acceptors (Lipinski definition) is 9. The van der Waals surface area contributed by atoms with E-state index in [1.165, 1.54) is 65.5 Å². The molecule has 0 atom stereocenters. The summed E-state index contributed by atoms with van der Waals surface area (Å²) in [7, 11) is -4.73. The molecule has 306 valence electrons. The lowest BCUT2D eigenvalue weighted by Crippen LogP contribution is -2.48. The lowest BCUT2D eigenvalue weighted by molar-refractivity contribution is -0.138. The first kappa shape index (κ1) is 42.4. The average molecular weight is 854 g/mol. The fraction of sp³-hybridized carbons (Fsp3) is 0.195. The Bertz CT molecular complexity index is 2500. The molecule has 1 aliphatic rings. The van der Waals surface area contributed by atoms with Crippen molar-refractivity contribution in [1.29, 1.82) is 0 Å². The van der Waals surface area contributed by atoms with Gasteiger partial charge in [0.2, 0.25) is 0 Å². The molecule has 2 amide bonds. The Hall–Kier alpha value is -6.19. The van der Waals surface area contributed by atoms with Crippen LogP contribution < -0.4 is 14.9 Å². The summed E-state index contributed by atoms with van der Waals surface area (Å²) in [6.07, 6.45) is -7.16. The Morgan fingerprint density at radius 2 is 1.47 bits per heavy atom. The van der Waals surface area contributed by atoms with Gasteiger partial charge in [0.1, 0.15) is 5.75 Å². The molecule has 5 aromatic rings. The van der Waals surface area contributed by atoms with Gasteiger partial charge in [0, 0.05) is 83.2 Å². The van der Waals surface area contributed by atoms with E-state index in [4.69, 9.17) is 0 Å². The largest absolute Gasteiger partial charge is 0.506 e. The third-order valence-corrected chi connectivity index (χ3v) is 11.2. The number of amides is 2. The summed E-state index contributed by atoms with van der Waals surface area (Å²) in [5, 5.41) is 12.3. The molecule has 59 heavy (non-hydrogen) atoms. The van der Waals surface area contributed by atoms with E-state index in [1.807, 2.05) is 40.0 Å². The molecule has 6 rings (SSSR count). The minimum absolute atomic E-state index is 0.0663. The van der Waals surface area contributed by atoms with E-state index < -0.39 is 50.2 Å². The summed E-state index contributed by atoms with van der Waals surface area (Å²) in [6, 6.07) is 21.5. The molecule has 1 saturated heterocycles. The Kier molecular flexibility index (Phi) is 12.8. The van der Waals surface area contributed by atoms with Crippen LogP contribution in [0.25, 0.3) is 0 Å². The lowest BCUT2D eigenvalue weighted by atomic mass is 10.0. The van der Waals surface area contributed by atoms with Crippen LogP contribution in [0.5, 0.6) is 5.75 Å². The van der Waals surface area contributed by atoms with Crippen molar-refractivity contribution in [3.63, 3.8) is 0 Å². The van der Waals surface area contributed by atoms with Crippen LogP contribution in [0.4, 0.5) is 37.7 Å². The van der Waals surface area contributed by atoms with Crippen LogP contribution in [0.1, 0.15) is 43.0 Å². The van der Waals surface area contributed by atoms with E-state index in [1.54, 1.807) is 0 Å². The van der Waals surface area contributed by atoms with E-state index in [-0.39, 0.29) is 66.4 Å². The molecule has 0 radical (unpaired) electrons. The normalized spacial score (nSPS) is 13.3. The number of aromatic nitrogens is 1. The molecule has 4 aromatic carbocycles. The number of halogens is 6. The summed E-state index contributed by atoms with van der Waals surface area (Å²) in [5.74, 6) is 3.78. The van der Waals surface area contributed by atoms with Gasteiger partial charge in [-0.2, -0.15) is 26.3 Å². The minimum Gasteiger partial charge on any atom is -0.506 e. The van der Waals surface area contributed by atoms with Crippen molar-refractivity contribution in [2.24, 2.45) is 0 Å². The Balaban J connectivity index is 1.07. The van der Waals surface area contributed by atoms with Crippen molar-refractivity contribution in [2.45, 2.75) is 22.1 Å². The second-order valence-corrected chi connectivity index (χ2v) is 15.9. The van der Waals surface area contributed by atoms with E-state index in [2.05, 4.69) is 22.1 Å². The number of aromatic hydroxyl groups is 1. The van der Waals surface area contributed by atoms with Crippen molar-refractivity contribution in [1.82, 2.24) is 14.6 Å². The standard InChI is InChI=1S/C41H33F6N5O5S2/c42-40(43,44)31-21-27(6-7-28-22-33(53)26-48-25-28)20-30(23-31)39(55)52-17-15-51(16-18-52)32-10-8-29(9-11-32)38(54)50-59(56,57)35-12-13-37(36(24-35)41(45,46)47)49-14-19-58-34-4-2-1-3-5-34/h1-5,8-13,20-26,49,53H,14-19H2,(H,50,54). The maximum absolute atomic E-state index is 14.0. The fourth-order valence-corrected chi connectivity index (χ4v) is 7.78. The van der Waals surface area contributed by atoms with Crippen LogP contribution in [0.15, 0.2) is 119 Å². The summed E-state index contributed by atoms with van der Waals surface area (Å²) in [5.41, 5.74) is -2.11. The summed E-state index contributed by atoms with van der Waals surface area (Å²) in [4.78, 5) is 33.6. The molecule has 0 spiro atoms. The van der Waals surface area contributed by atoms with Gasteiger partial charge in [-0.15, -0.1) is 11.8 Å². The van der Waals surface area contributed by atoms with E-state index >= 15 is 0 Å². The highest BCUT2D eigenvalue weighted by molar-refractivity contribution is 7.99. The van der Waals surface area contributed by atoms with Crippen molar-refractivity contribution in [2.75, 3.05) is 48.7 Å². The number of rotatable bonds is 10. The summed E-state index contributed by atoms with van der Waals surface area (Å²) < 4.78 is 111. The lowest BCUT2D eigenvalue weighted by Gasteiger charge is -2.36. The van der Waals surface area contributed by atoms with Crippen LogP contribution in [-0.4, -0.2) is 73.7 Å². The third-order valence-electron chi connectivity index (χ3n) is 8.91. The molecule has 0 bridgehead atoms. The molecule has 0 saturated carbocycles. The van der Waals surface area contributed by atoms with Gasteiger partial charge in [0.05, 0.1) is 22.2 Å². The van der Waals surface area contributed by atoms with Gasteiger partial charge >= 0.3 is 12.4 Å². The third kappa shape index (κ3) is 11.1. The highest BCUT2D eigenvalue weighted by Crippen LogP contribution is 2.37. The van der Waals surface area contributed by atoms with Gasteiger partial charge in [0.25, 0.3) is 21.8 Å². The number of nitrogens with zero attached hydrogens (tertiary/aromatic N) is 3. The number of piperazine rings is 1. The Labute approximate surface area is 339 Å². The molecule has 1 fully saturated rings. The maximum atomic E-state index is 14.0. The first-order valence-electron chi connectivity index (χ1n) is 17.7. The first-order chi connectivity index (χ1) is 28.0. The predicted molar refractivity (Wildman–Crippen MR) is 210 cm³/mol. The molecule has 0 aliphatic carbocycles. The van der Waals surface area contributed by atoms with Crippen LogP contribution in [0, 0.1) is 11.8 Å². The minimum atomic E-state index is -4.90. The predicted octanol–water partition coefficient (Wildman–Crippen LogP) is 7.51. The molecule has 0 unspecified atom stereocenters. The highest BCUT2D eigenvalue weighted by atomic mass is 32.2. The number of alkyl halides is 6. The van der Waals surface area contributed by atoms with Gasteiger partial charge in [-0.1, -0.05) is 30.0 Å². The number of carbonyl (C=O) groups excluding carboxylic acids is 2. The van der Waals surface area contributed by atoms with Crippen LogP contribution in [-0.2, 0) is 22.4 Å². The van der Waals surface area contributed by atoms with Gasteiger partial charge < -0.3 is 20.2 Å². The number of carbonyl (C=O) groups is 2. The molecule has 1 aromatic heterocycles. The number of sulfonamides is 1. The zero-order valence-electron chi connectivity index (χ0n) is 30.6. The SMILES string of the molecule is O=C(NS(=O)(=O)c1ccc(NCCSc2ccccc2)c(C(F)(F)F)c1)c1ccc(N2CCN(C(=O)c3cc(C#Cc4cncc(O)c4)cc(C(F)(F)F)c3)CC2)cc1. The van der Waals surface area contributed by atoms with E-state index in [9.17, 15) is 49.5 Å². The number of anilines is 2. The number of pyridine rings is 1. The van der Waals surface area contributed by atoms with E-state index in [0.29, 0.717) is 17.5 Å². The number of hydrogen-bond donors (Lipinski definition) is 3. The average Bonchev–Trinajstić information content (AvgIpc) is 3.21. The zero-order valence-corrected chi connectivity index (χ0v) is 32.3. The van der Waals surface area contributed by atoms with Gasteiger partial charge in [0.15, 0.2) is 0 Å². The highest BCUT2D eigenvalue weighted by Gasteiger charge is 2.36. The van der Waals surface area contributed by atoms with Gasteiger partial charge in [-0.25, -0.2) is 13.1 Å². The summed E-state index contributed by atoms with van der Waals surface area (Å²) >= 11 is 1.43. The molecule has 2 heterocycles. The quantitative estimate of drug-likeness (QED) is 0.0566. The molecule has 3 N–H and O–H groups in total. The molecule has 1 aliphatic heterocycles. The van der Waals surface area contributed by atoms with Crippen molar-refractivity contribution in [3.05, 3.63) is 143 Å². The first-order valence-corrected chi connectivity index (χ1v) is 20.2. The smallest absolute Gasteiger partial charge is 0.418 e. The topological polar surface area (TPSA) is 132 Å². The van der Waals surface area contributed by atoms with Crippen LogP contribution >= 0.6 is 11.8 Å². The maximum Gasteiger partial charge on any atom is 0.418 e. The van der Waals surface area contributed by atoms with Gasteiger partial charge in [-0.05, 0) is 78.9 Å². The summed E-state index contributed by atoms with van der Waals surface area (Å²) in [6.45, 7) is 0.952. The number of thioether (sulfide) groups is 1. The molecular formula is C41H33F6N5O5S2. The van der Waals surface area contributed by atoms with Crippen molar-refractivity contribution in [3.8, 4) is 17.6 Å². The zero-order chi connectivity index (χ0) is 42.4. The second-order valence-electron chi connectivity index (χ2n) is 13.0. The van der Waals surface area contributed by atoms with Gasteiger partial charge in [-0.3, -0.25) is 14.6 Å². The van der Waals surface area contributed by atoms with Crippen LogP contribution in [0.3, 0.4) is 0 Å². The molecule has 10 nitrogen and oxygen atoms in total. The van der Waals surface area contributed by atoms with Crippen molar-refractivity contribution < 1.29 is 49.5 Å².